The molecule has 1 atom stereocenters. The molecule has 1 aliphatic heterocycles. The van der Waals surface area contributed by atoms with Crippen LogP contribution < -0.4 is 5.73 Å². The van der Waals surface area contributed by atoms with Crippen molar-refractivity contribution in [2.45, 2.75) is 32.2 Å². The van der Waals surface area contributed by atoms with Crippen LogP contribution in [0.4, 0.5) is 0 Å². The van der Waals surface area contributed by atoms with Gasteiger partial charge in [-0.25, -0.2) is 0 Å². The van der Waals surface area contributed by atoms with Gasteiger partial charge in [0.25, 0.3) is 0 Å². The van der Waals surface area contributed by atoms with E-state index in [4.69, 9.17) is 5.73 Å². The molecule has 0 spiro atoms. The second-order valence-corrected chi connectivity index (χ2v) is 4.96. The molecule has 2 rings (SSSR count). The Morgan fingerprint density at radius 3 is 2.75 bits per heavy atom. The minimum absolute atomic E-state index is 0.278. The first kappa shape index (κ1) is 11.6. The Kier molecular flexibility index (Phi) is 3.97. The summed E-state index contributed by atoms with van der Waals surface area (Å²) < 4.78 is 0. The van der Waals surface area contributed by atoms with Gasteiger partial charge < -0.3 is 10.6 Å². The lowest BCUT2D eigenvalue weighted by Crippen LogP contribution is -2.37. The van der Waals surface area contributed by atoms with Gasteiger partial charge in [0.05, 0.1) is 0 Å². The zero-order valence-corrected chi connectivity index (χ0v) is 10.2. The Morgan fingerprint density at radius 1 is 1.31 bits per heavy atom. The summed E-state index contributed by atoms with van der Waals surface area (Å²) in [6, 6.07) is 8.95. The molecule has 1 aromatic carbocycles. The minimum Gasteiger partial charge on any atom is -0.326 e. The lowest BCUT2D eigenvalue weighted by atomic mass is 10.0. The predicted octanol–water partition coefficient (Wildman–Crippen LogP) is 1.96. The number of hydrogen-bond acceptors (Lipinski definition) is 2. The SMILES string of the molecule is Cc1cccc(CC(N)CN2CCCC2)c1. The van der Waals surface area contributed by atoms with Crippen molar-refractivity contribution in [2.24, 2.45) is 5.73 Å². The van der Waals surface area contributed by atoms with E-state index in [9.17, 15) is 0 Å². The molecular weight excluding hydrogens is 196 g/mol. The minimum atomic E-state index is 0.278. The van der Waals surface area contributed by atoms with E-state index in [1.54, 1.807) is 0 Å². The average molecular weight is 218 g/mol. The van der Waals surface area contributed by atoms with Crippen LogP contribution in [0, 0.1) is 6.92 Å². The molecule has 0 aliphatic carbocycles. The molecule has 2 nitrogen and oxygen atoms in total. The predicted molar refractivity (Wildman–Crippen MR) is 68.5 cm³/mol. The van der Waals surface area contributed by atoms with E-state index in [-0.39, 0.29) is 6.04 Å². The smallest absolute Gasteiger partial charge is 0.0208 e. The van der Waals surface area contributed by atoms with Gasteiger partial charge in [0.15, 0.2) is 0 Å². The summed E-state index contributed by atoms with van der Waals surface area (Å²) in [7, 11) is 0. The Balaban J connectivity index is 1.84. The molecular formula is C14H22N2. The Labute approximate surface area is 98.4 Å². The summed E-state index contributed by atoms with van der Waals surface area (Å²) >= 11 is 0. The van der Waals surface area contributed by atoms with E-state index in [2.05, 4.69) is 36.1 Å². The van der Waals surface area contributed by atoms with Gasteiger partial charge in [-0.05, 0) is 44.8 Å². The summed E-state index contributed by atoms with van der Waals surface area (Å²) in [6.07, 6.45) is 3.69. The average Bonchev–Trinajstić information content (AvgIpc) is 2.70. The van der Waals surface area contributed by atoms with Crippen molar-refractivity contribution < 1.29 is 0 Å². The standard InChI is InChI=1S/C14H22N2/c1-12-5-4-6-13(9-12)10-14(15)11-16-7-2-3-8-16/h4-6,9,14H,2-3,7-8,10-11,15H2,1H3. The van der Waals surface area contributed by atoms with Crippen LogP contribution in [0.15, 0.2) is 24.3 Å². The number of hydrogen-bond donors (Lipinski definition) is 1. The van der Waals surface area contributed by atoms with Crippen molar-refractivity contribution >= 4 is 0 Å². The van der Waals surface area contributed by atoms with Crippen molar-refractivity contribution in [3.63, 3.8) is 0 Å². The zero-order valence-electron chi connectivity index (χ0n) is 10.2. The topological polar surface area (TPSA) is 29.3 Å². The van der Waals surface area contributed by atoms with Crippen LogP contribution >= 0.6 is 0 Å². The van der Waals surface area contributed by atoms with E-state index in [0.29, 0.717) is 0 Å². The van der Waals surface area contributed by atoms with E-state index in [0.717, 1.165) is 13.0 Å². The maximum Gasteiger partial charge on any atom is 0.0208 e. The number of benzene rings is 1. The first-order chi connectivity index (χ1) is 7.74. The summed E-state index contributed by atoms with van der Waals surface area (Å²) in [6.45, 7) is 5.66. The highest BCUT2D eigenvalue weighted by Crippen LogP contribution is 2.10. The summed E-state index contributed by atoms with van der Waals surface area (Å²) in [4.78, 5) is 2.49. The zero-order chi connectivity index (χ0) is 11.4. The highest BCUT2D eigenvalue weighted by atomic mass is 15.1. The van der Waals surface area contributed by atoms with Gasteiger partial charge in [0.1, 0.15) is 0 Å². The van der Waals surface area contributed by atoms with Gasteiger partial charge in [-0.15, -0.1) is 0 Å². The fourth-order valence-corrected chi connectivity index (χ4v) is 2.50. The van der Waals surface area contributed by atoms with Gasteiger partial charge in [-0.2, -0.15) is 0 Å². The third-order valence-electron chi connectivity index (χ3n) is 3.27. The Hall–Kier alpha value is -0.860. The third-order valence-corrected chi connectivity index (χ3v) is 3.27. The van der Waals surface area contributed by atoms with Gasteiger partial charge in [0, 0.05) is 12.6 Å². The molecule has 0 saturated carbocycles. The maximum absolute atomic E-state index is 6.19. The number of aryl methyl sites for hydroxylation is 1. The fraction of sp³-hybridized carbons (Fsp3) is 0.571. The molecule has 0 radical (unpaired) electrons. The summed E-state index contributed by atoms with van der Waals surface area (Å²) in [5, 5.41) is 0. The summed E-state index contributed by atoms with van der Waals surface area (Å²) in [5.74, 6) is 0. The van der Waals surface area contributed by atoms with Crippen LogP contribution in [-0.2, 0) is 6.42 Å². The monoisotopic (exact) mass is 218 g/mol. The van der Waals surface area contributed by atoms with Gasteiger partial charge >= 0.3 is 0 Å². The van der Waals surface area contributed by atoms with E-state index in [1.807, 2.05) is 0 Å². The molecule has 2 heteroatoms. The van der Waals surface area contributed by atoms with Crippen molar-refractivity contribution in [2.75, 3.05) is 19.6 Å². The van der Waals surface area contributed by atoms with Crippen molar-refractivity contribution in [3.05, 3.63) is 35.4 Å². The first-order valence-electron chi connectivity index (χ1n) is 6.27. The molecule has 1 aliphatic rings. The van der Waals surface area contributed by atoms with Crippen LogP contribution in [0.3, 0.4) is 0 Å². The second kappa shape index (κ2) is 5.46. The van der Waals surface area contributed by atoms with Crippen molar-refractivity contribution in [1.82, 2.24) is 4.90 Å². The molecule has 1 fully saturated rings. The number of likely N-dealkylation sites (tertiary alicyclic amines) is 1. The summed E-state index contributed by atoms with van der Waals surface area (Å²) in [5.41, 5.74) is 8.89. The van der Waals surface area contributed by atoms with E-state index in [1.165, 1.54) is 37.1 Å². The van der Waals surface area contributed by atoms with E-state index >= 15 is 0 Å². The molecule has 0 bridgehead atoms. The van der Waals surface area contributed by atoms with Crippen LogP contribution in [-0.4, -0.2) is 30.6 Å². The second-order valence-electron chi connectivity index (χ2n) is 4.96. The molecule has 0 amide bonds. The Morgan fingerprint density at radius 2 is 2.06 bits per heavy atom. The quantitative estimate of drug-likeness (QED) is 0.837. The molecule has 1 aromatic rings. The molecule has 16 heavy (non-hydrogen) atoms. The van der Waals surface area contributed by atoms with E-state index < -0.39 is 0 Å². The van der Waals surface area contributed by atoms with Crippen molar-refractivity contribution in [3.8, 4) is 0 Å². The first-order valence-corrected chi connectivity index (χ1v) is 6.27. The van der Waals surface area contributed by atoms with Gasteiger partial charge in [0.2, 0.25) is 0 Å². The van der Waals surface area contributed by atoms with Crippen LogP contribution in [0.2, 0.25) is 0 Å². The number of nitrogens with two attached hydrogens (primary N) is 1. The van der Waals surface area contributed by atoms with Gasteiger partial charge in [-0.3, -0.25) is 0 Å². The maximum atomic E-state index is 6.19. The number of nitrogens with zero attached hydrogens (tertiary/aromatic N) is 1. The highest BCUT2D eigenvalue weighted by Gasteiger charge is 2.14. The van der Waals surface area contributed by atoms with Crippen molar-refractivity contribution in [1.29, 1.82) is 0 Å². The Bertz CT molecular complexity index is 329. The molecule has 1 heterocycles. The molecule has 2 N–H and O–H groups in total. The molecule has 1 saturated heterocycles. The van der Waals surface area contributed by atoms with Crippen LogP contribution in [0.25, 0.3) is 0 Å². The number of rotatable bonds is 4. The molecule has 1 unspecified atom stereocenters. The normalized spacial score (nSPS) is 18.9. The van der Waals surface area contributed by atoms with Crippen LogP contribution in [0.1, 0.15) is 24.0 Å². The largest absolute Gasteiger partial charge is 0.326 e. The van der Waals surface area contributed by atoms with Crippen LogP contribution in [0.5, 0.6) is 0 Å². The fourth-order valence-electron chi connectivity index (χ4n) is 2.50. The molecule has 0 aromatic heterocycles. The highest BCUT2D eigenvalue weighted by molar-refractivity contribution is 5.22. The lowest BCUT2D eigenvalue weighted by Gasteiger charge is -2.20. The third kappa shape index (κ3) is 3.32. The lowest BCUT2D eigenvalue weighted by molar-refractivity contribution is 0.313. The molecule has 88 valence electrons. The van der Waals surface area contributed by atoms with Gasteiger partial charge in [-0.1, -0.05) is 29.8 Å².